The average molecular weight is 569 g/mol. The van der Waals surface area contributed by atoms with E-state index >= 15 is 0 Å². The van der Waals surface area contributed by atoms with Crippen molar-refractivity contribution in [3.05, 3.63) is 99.7 Å². The molecule has 0 aliphatic rings. The van der Waals surface area contributed by atoms with E-state index in [4.69, 9.17) is 5.26 Å². The second-order valence-electron chi connectivity index (χ2n) is 8.87. The summed E-state index contributed by atoms with van der Waals surface area (Å²) < 4.78 is 57.8. The van der Waals surface area contributed by atoms with Gasteiger partial charge < -0.3 is 9.88 Å². The van der Waals surface area contributed by atoms with Gasteiger partial charge in [0, 0.05) is 37.2 Å². The number of hydrogen-bond acceptors (Lipinski definition) is 5. The molecule has 206 valence electrons. The van der Waals surface area contributed by atoms with Crippen molar-refractivity contribution in [2.45, 2.75) is 24.5 Å². The Hall–Kier alpha value is -4.83. The molecule has 1 atom stereocenters. The van der Waals surface area contributed by atoms with E-state index in [9.17, 15) is 27.0 Å². The maximum Gasteiger partial charge on any atom is 0.416 e. The molecule has 0 aliphatic carbocycles. The molecule has 4 aromatic rings. The second kappa shape index (κ2) is 10.7. The summed E-state index contributed by atoms with van der Waals surface area (Å²) in [6, 6.07) is 10.5. The third kappa shape index (κ3) is 5.76. The summed E-state index contributed by atoms with van der Waals surface area (Å²) in [5.74, 6) is 2.75. The number of carbonyl (C=O) groups excluding carboxylic acids is 1. The van der Waals surface area contributed by atoms with E-state index in [1.165, 1.54) is 45.9 Å². The molecule has 0 saturated carbocycles. The van der Waals surface area contributed by atoms with Gasteiger partial charge in [0.25, 0.3) is 5.91 Å². The van der Waals surface area contributed by atoms with Crippen molar-refractivity contribution in [3.8, 4) is 23.0 Å². The molecule has 1 amide bonds. The maximum atomic E-state index is 13.6. The summed E-state index contributed by atoms with van der Waals surface area (Å²) in [4.78, 5) is 27.1. The first-order chi connectivity index (χ1) is 18.8. The third-order valence-corrected chi connectivity index (χ3v) is 7.57. The highest BCUT2D eigenvalue weighted by atomic mass is 32.2. The van der Waals surface area contributed by atoms with Crippen molar-refractivity contribution in [3.63, 3.8) is 0 Å². The van der Waals surface area contributed by atoms with E-state index in [2.05, 4.69) is 21.0 Å². The lowest BCUT2D eigenvalue weighted by molar-refractivity contribution is -0.137. The molecule has 40 heavy (non-hydrogen) atoms. The van der Waals surface area contributed by atoms with Crippen LogP contribution in [0.25, 0.3) is 16.8 Å². The predicted molar refractivity (Wildman–Crippen MR) is 144 cm³/mol. The first-order valence-electron chi connectivity index (χ1n) is 11.6. The predicted octanol–water partition coefficient (Wildman–Crippen LogP) is 3.56. The molecule has 0 bridgehead atoms. The number of amides is 1. The van der Waals surface area contributed by atoms with Gasteiger partial charge in [0.15, 0.2) is 6.19 Å². The Labute approximate surface area is 227 Å². The summed E-state index contributed by atoms with van der Waals surface area (Å²) >= 11 is 0. The number of hydrogen-bond donors (Lipinski definition) is 2. The van der Waals surface area contributed by atoms with Gasteiger partial charge in [-0.05, 0) is 48.2 Å². The molecule has 0 spiro atoms. The fourth-order valence-corrected chi connectivity index (χ4v) is 4.94. The number of nitrogens with zero attached hydrogens (tertiary/aromatic N) is 4. The molecule has 0 fully saturated rings. The molecule has 9 nitrogen and oxygen atoms in total. The Balaban J connectivity index is 1.73. The number of nitriles is 1. The summed E-state index contributed by atoms with van der Waals surface area (Å²) in [6.07, 6.45) is 1.44. The summed E-state index contributed by atoms with van der Waals surface area (Å²) in [6.45, 7) is 1.57. The van der Waals surface area contributed by atoms with Gasteiger partial charge in [0.1, 0.15) is 5.56 Å². The fourth-order valence-electron chi connectivity index (χ4n) is 4.09. The van der Waals surface area contributed by atoms with Gasteiger partial charge in [-0.15, -0.1) is 0 Å². The third-order valence-electron chi connectivity index (χ3n) is 6.11. The smallest absolute Gasteiger partial charge is 0.348 e. The van der Waals surface area contributed by atoms with Gasteiger partial charge in [0.05, 0.1) is 32.1 Å². The molecule has 0 saturated heterocycles. The van der Waals surface area contributed by atoms with E-state index in [0.717, 1.165) is 12.1 Å². The lowest BCUT2D eigenvalue weighted by atomic mass is 9.98. The number of benzene rings is 2. The molecular formula is C27H23F3N6O3S. The molecule has 13 heteroatoms. The van der Waals surface area contributed by atoms with Crippen LogP contribution in [0.15, 0.2) is 76.8 Å². The highest BCUT2D eigenvalue weighted by Crippen LogP contribution is 2.32. The van der Waals surface area contributed by atoms with Crippen LogP contribution in [0, 0.1) is 18.4 Å². The quantitative estimate of drug-likeness (QED) is 0.201. The molecule has 2 N–H and O–H groups in total. The van der Waals surface area contributed by atoms with Gasteiger partial charge in [-0.3, -0.25) is 14.3 Å². The lowest BCUT2D eigenvalue weighted by Gasteiger charge is -2.17. The number of alkyl halides is 3. The van der Waals surface area contributed by atoms with E-state index < -0.39 is 32.8 Å². The Kier molecular flexibility index (Phi) is 7.57. The summed E-state index contributed by atoms with van der Waals surface area (Å²) in [7, 11) is -1.33. The van der Waals surface area contributed by atoms with Crippen molar-refractivity contribution in [1.29, 1.82) is 5.26 Å². The zero-order chi connectivity index (χ0) is 29.2. The van der Waals surface area contributed by atoms with E-state index in [1.807, 2.05) is 0 Å². The lowest BCUT2D eigenvalue weighted by Crippen LogP contribution is -2.30. The van der Waals surface area contributed by atoms with Crippen LogP contribution in [0.5, 0.6) is 0 Å². The van der Waals surface area contributed by atoms with Crippen molar-refractivity contribution in [2.24, 2.45) is 7.05 Å². The molecule has 2 heterocycles. The number of pyridine rings is 1. The topological polar surface area (TPSA) is 122 Å². The molecule has 0 radical (unpaired) electrons. The van der Waals surface area contributed by atoms with Crippen molar-refractivity contribution >= 4 is 21.5 Å². The highest BCUT2D eigenvalue weighted by molar-refractivity contribution is 7.98. The Bertz CT molecular complexity index is 1800. The zero-order valence-electron chi connectivity index (χ0n) is 21.3. The molecular weight excluding hydrogens is 545 g/mol. The van der Waals surface area contributed by atoms with Crippen LogP contribution in [0.2, 0.25) is 0 Å². The molecule has 0 aliphatic heterocycles. The monoisotopic (exact) mass is 568 g/mol. The van der Waals surface area contributed by atoms with Crippen LogP contribution in [0.1, 0.15) is 27.2 Å². The van der Waals surface area contributed by atoms with Crippen molar-refractivity contribution in [2.75, 3.05) is 0 Å². The number of rotatable bonds is 7. The average Bonchev–Trinajstić information content (AvgIpc) is 3.33. The largest absolute Gasteiger partial charge is 0.416 e. The standard InChI is InChI=1S/C27H23F3N6O3S/c1-17-24(19-5-4-6-20(11-19)27(28,29)30)25(37)23(15-36(17)21-13-33-35(2)14-21)26(38)32-12-18-7-9-22(10-8-18)40(3,39)34-16-31/h4-11,13-15H,3,12H2,1-2H3,(H,32,38)(H,34,39). The zero-order valence-corrected chi connectivity index (χ0v) is 22.1. The van der Waals surface area contributed by atoms with Gasteiger partial charge in [0.2, 0.25) is 5.43 Å². The normalized spacial score (nSPS) is 12.8. The van der Waals surface area contributed by atoms with Crippen LogP contribution in [-0.2, 0) is 29.5 Å². The first-order valence-corrected chi connectivity index (χ1v) is 13.4. The molecule has 1 unspecified atom stereocenters. The summed E-state index contributed by atoms with van der Waals surface area (Å²) in [5.41, 5.74) is -0.548. The Morgan fingerprint density at radius 3 is 2.48 bits per heavy atom. The number of nitrogens with one attached hydrogen (secondary N) is 2. The highest BCUT2D eigenvalue weighted by Gasteiger charge is 2.31. The number of halogens is 3. The van der Waals surface area contributed by atoms with E-state index in [1.54, 1.807) is 38.5 Å². The van der Waals surface area contributed by atoms with Gasteiger partial charge in [-0.25, -0.2) is 8.93 Å². The van der Waals surface area contributed by atoms with Crippen LogP contribution >= 0.6 is 0 Å². The van der Waals surface area contributed by atoms with E-state index in [0.29, 0.717) is 16.9 Å². The number of aromatic nitrogens is 3. The second-order valence-corrected chi connectivity index (χ2v) is 10.9. The molecule has 2 aromatic carbocycles. The minimum atomic E-state index is -4.62. The van der Waals surface area contributed by atoms with Crippen LogP contribution in [-0.4, -0.2) is 30.3 Å². The summed E-state index contributed by atoms with van der Waals surface area (Å²) in [5, 5.41) is 15.5. The van der Waals surface area contributed by atoms with E-state index in [-0.39, 0.29) is 28.1 Å². The minimum absolute atomic E-state index is 0.0117. The molecule has 4 rings (SSSR count). The van der Waals surface area contributed by atoms with Gasteiger partial charge in [-0.2, -0.15) is 23.5 Å². The van der Waals surface area contributed by atoms with Crippen LogP contribution in [0.3, 0.4) is 0 Å². The Morgan fingerprint density at radius 2 is 1.88 bits per heavy atom. The van der Waals surface area contributed by atoms with Crippen molar-refractivity contribution in [1.82, 2.24) is 24.4 Å². The number of carbonyl (C=O) groups is 1. The van der Waals surface area contributed by atoms with Crippen LogP contribution in [0.4, 0.5) is 13.2 Å². The number of aryl methyl sites for hydroxylation is 1. The minimum Gasteiger partial charge on any atom is -0.348 e. The van der Waals surface area contributed by atoms with Crippen molar-refractivity contribution < 1.29 is 22.2 Å². The maximum absolute atomic E-state index is 13.6. The fraction of sp³-hybridized carbons (Fsp3) is 0.148. The Morgan fingerprint density at radius 1 is 1.18 bits per heavy atom. The van der Waals surface area contributed by atoms with Gasteiger partial charge in [-0.1, -0.05) is 24.3 Å². The SMILES string of the molecule is C=S(=O)(NC#N)c1ccc(CNC(=O)c2cn(-c3cnn(C)c3)c(C)c(-c3cccc(C(F)(F)F)c3)c2=O)cc1. The van der Waals surface area contributed by atoms with Crippen LogP contribution < -0.4 is 15.5 Å². The van der Waals surface area contributed by atoms with Gasteiger partial charge >= 0.3 is 6.18 Å². The molecule has 2 aromatic heterocycles. The first kappa shape index (κ1) is 28.2.